The van der Waals surface area contributed by atoms with Crippen LogP contribution in [-0.4, -0.2) is 21.6 Å². The molecule has 6 nitrogen and oxygen atoms in total. The molecule has 0 bridgehead atoms. The van der Waals surface area contributed by atoms with Crippen LogP contribution in [0.4, 0.5) is 0 Å². The molecule has 0 aromatic heterocycles. The number of nitrogens with two attached hydrogens (primary N) is 2. The molecule has 0 heterocycles. The molecule has 0 saturated carbocycles. The first-order valence-electron chi connectivity index (χ1n) is 7.03. The number of hydrogen-bond donors (Lipinski definition) is 4. The van der Waals surface area contributed by atoms with Gasteiger partial charge >= 0.3 is 0 Å². The van der Waals surface area contributed by atoms with E-state index in [1.165, 1.54) is 0 Å². The summed E-state index contributed by atoms with van der Waals surface area (Å²) < 4.78 is 0. The Kier molecular flexibility index (Phi) is 8.31. The molecule has 1 aromatic rings. The van der Waals surface area contributed by atoms with Gasteiger partial charge in [0, 0.05) is 5.57 Å². The van der Waals surface area contributed by atoms with E-state index >= 15 is 0 Å². The Bertz CT molecular complexity index is 671. The SMILES string of the molecule is C/C(=N\NC(N)=S)C(=C/C=C/c1ccccc1)/C(C)=N/NC(N)=S. The summed E-state index contributed by atoms with van der Waals surface area (Å²) in [4.78, 5) is 0. The van der Waals surface area contributed by atoms with Crippen LogP contribution in [0.3, 0.4) is 0 Å². The first-order valence-corrected chi connectivity index (χ1v) is 7.85. The van der Waals surface area contributed by atoms with E-state index in [1.54, 1.807) is 0 Å². The lowest BCUT2D eigenvalue weighted by atomic mass is 10.1. The quantitative estimate of drug-likeness (QED) is 0.268. The van der Waals surface area contributed by atoms with Gasteiger partial charge in [0.25, 0.3) is 0 Å². The number of thiocarbonyl (C=S) groups is 2. The van der Waals surface area contributed by atoms with Crippen LogP contribution in [0.1, 0.15) is 19.4 Å². The van der Waals surface area contributed by atoms with E-state index in [0.717, 1.165) is 11.1 Å². The molecule has 0 atom stereocenters. The third-order valence-corrected chi connectivity index (χ3v) is 2.98. The minimum atomic E-state index is 0.0874. The average Bonchev–Trinajstić information content (AvgIpc) is 2.55. The maximum absolute atomic E-state index is 5.40. The molecule has 0 amide bonds. The summed E-state index contributed by atoms with van der Waals surface area (Å²) in [6.45, 7) is 3.63. The second-order valence-corrected chi connectivity index (χ2v) is 5.58. The molecule has 24 heavy (non-hydrogen) atoms. The van der Waals surface area contributed by atoms with Crippen molar-refractivity contribution in [3.8, 4) is 0 Å². The molecular formula is C16H20N6S2. The maximum Gasteiger partial charge on any atom is 0.184 e. The molecule has 0 fully saturated rings. The van der Waals surface area contributed by atoms with Crippen LogP contribution in [0.5, 0.6) is 0 Å². The van der Waals surface area contributed by atoms with Gasteiger partial charge in [0.1, 0.15) is 0 Å². The normalized spacial score (nSPS) is 11.9. The van der Waals surface area contributed by atoms with E-state index in [0.29, 0.717) is 11.4 Å². The summed E-state index contributed by atoms with van der Waals surface area (Å²) >= 11 is 9.51. The lowest BCUT2D eigenvalue weighted by Crippen LogP contribution is -2.27. The number of hydrogen-bond acceptors (Lipinski definition) is 4. The number of nitrogens with zero attached hydrogens (tertiary/aromatic N) is 2. The highest BCUT2D eigenvalue weighted by molar-refractivity contribution is 7.80. The predicted octanol–water partition coefficient (Wildman–Crippen LogP) is 2.04. The Hall–Kier alpha value is -2.58. The fraction of sp³-hybridized carbons (Fsp3) is 0.125. The summed E-state index contributed by atoms with van der Waals surface area (Å²) in [5.74, 6) is 0. The minimum absolute atomic E-state index is 0.0874. The van der Waals surface area contributed by atoms with Gasteiger partial charge in [-0.15, -0.1) is 0 Å². The standard InChI is InChI=1S/C16H20N6S2/c1-11(19-21-15(17)23)14(12(2)20-22-16(18)24)10-6-9-13-7-4-3-5-8-13/h3-10H,1-2H3,(H3,17,21,23)(H3,18,22,24)/b9-6+,19-11+,20-12+. The topological polar surface area (TPSA) is 101 Å². The zero-order chi connectivity index (χ0) is 17.9. The van der Waals surface area contributed by atoms with E-state index in [1.807, 2.05) is 62.4 Å². The highest BCUT2D eigenvalue weighted by Gasteiger charge is 2.06. The molecule has 1 rings (SSSR count). The highest BCUT2D eigenvalue weighted by atomic mass is 32.1. The van der Waals surface area contributed by atoms with Gasteiger partial charge in [-0.2, -0.15) is 10.2 Å². The molecule has 8 heteroatoms. The van der Waals surface area contributed by atoms with Crippen molar-refractivity contribution < 1.29 is 0 Å². The monoisotopic (exact) mass is 360 g/mol. The summed E-state index contributed by atoms with van der Waals surface area (Å²) in [5, 5.41) is 8.42. The van der Waals surface area contributed by atoms with Gasteiger partial charge in [-0.05, 0) is 43.8 Å². The molecule has 0 spiro atoms. The Balaban J connectivity index is 3.07. The largest absolute Gasteiger partial charge is 0.375 e. The first kappa shape index (κ1) is 19.5. The fourth-order valence-corrected chi connectivity index (χ4v) is 1.81. The molecule has 0 radical (unpaired) electrons. The van der Waals surface area contributed by atoms with Gasteiger partial charge < -0.3 is 11.5 Å². The Morgan fingerprint density at radius 1 is 0.958 bits per heavy atom. The molecule has 0 aliphatic heterocycles. The second kappa shape index (κ2) is 10.2. The van der Waals surface area contributed by atoms with Crippen molar-refractivity contribution >= 4 is 52.2 Å². The van der Waals surface area contributed by atoms with Crippen molar-refractivity contribution in [2.75, 3.05) is 0 Å². The molecule has 0 unspecified atom stereocenters. The van der Waals surface area contributed by atoms with Crippen LogP contribution >= 0.6 is 24.4 Å². The van der Waals surface area contributed by atoms with Gasteiger partial charge in [-0.3, -0.25) is 10.9 Å². The summed E-state index contributed by atoms with van der Waals surface area (Å²) in [5.41, 5.74) is 19.1. The number of rotatable bonds is 6. The van der Waals surface area contributed by atoms with Gasteiger partial charge in [-0.25, -0.2) is 0 Å². The Morgan fingerprint density at radius 2 is 1.46 bits per heavy atom. The van der Waals surface area contributed by atoms with Gasteiger partial charge in [-0.1, -0.05) is 48.6 Å². The molecule has 0 aliphatic rings. The minimum Gasteiger partial charge on any atom is -0.375 e. The smallest absolute Gasteiger partial charge is 0.184 e. The fourth-order valence-electron chi connectivity index (χ4n) is 1.72. The lowest BCUT2D eigenvalue weighted by Gasteiger charge is -2.07. The van der Waals surface area contributed by atoms with Crippen molar-refractivity contribution in [2.24, 2.45) is 21.7 Å². The van der Waals surface area contributed by atoms with E-state index in [4.69, 9.17) is 35.9 Å². The van der Waals surface area contributed by atoms with Crippen molar-refractivity contribution in [3.05, 3.63) is 53.6 Å². The van der Waals surface area contributed by atoms with Crippen molar-refractivity contribution in [1.82, 2.24) is 10.9 Å². The second-order valence-electron chi connectivity index (χ2n) is 4.70. The summed E-state index contributed by atoms with van der Waals surface area (Å²) in [6, 6.07) is 9.93. The molecule has 0 saturated heterocycles. The highest BCUT2D eigenvalue weighted by Crippen LogP contribution is 2.06. The van der Waals surface area contributed by atoms with E-state index in [-0.39, 0.29) is 10.2 Å². The van der Waals surface area contributed by atoms with Crippen molar-refractivity contribution in [3.63, 3.8) is 0 Å². The number of hydrazone groups is 2. The Morgan fingerprint density at radius 3 is 1.92 bits per heavy atom. The number of nitrogens with one attached hydrogen (secondary N) is 2. The lowest BCUT2D eigenvalue weighted by molar-refractivity contribution is 1.02. The maximum atomic E-state index is 5.40. The van der Waals surface area contributed by atoms with E-state index in [9.17, 15) is 0 Å². The van der Waals surface area contributed by atoms with E-state index in [2.05, 4.69) is 21.1 Å². The number of benzene rings is 1. The van der Waals surface area contributed by atoms with Crippen LogP contribution in [-0.2, 0) is 0 Å². The third kappa shape index (κ3) is 7.61. The summed E-state index contributed by atoms with van der Waals surface area (Å²) in [6.07, 6.45) is 5.76. The van der Waals surface area contributed by atoms with Crippen molar-refractivity contribution in [2.45, 2.75) is 13.8 Å². The molecular weight excluding hydrogens is 340 g/mol. The molecule has 6 N–H and O–H groups in total. The van der Waals surface area contributed by atoms with Crippen LogP contribution < -0.4 is 22.3 Å². The van der Waals surface area contributed by atoms with Crippen LogP contribution in [0.2, 0.25) is 0 Å². The van der Waals surface area contributed by atoms with Crippen LogP contribution in [0, 0.1) is 0 Å². The van der Waals surface area contributed by atoms with Gasteiger partial charge in [0.2, 0.25) is 0 Å². The van der Waals surface area contributed by atoms with Crippen LogP contribution in [0.15, 0.2) is 58.3 Å². The zero-order valence-corrected chi connectivity index (χ0v) is 15.1. The van der Waals surface area contributed by atoms with Gasteiger partial charge in [0.15, 0.2) is 10.2 Å². The van der Waals surface area contributed by atoms with Crippen molar-refractivity contribution in [1.29, 1.82) is 0 Å². The average molecular weight is 361 g/mol. The molecule has 126 valence electrons. The molecule has 1 aromatic carbocycles. The van der Waals surface area contributed by atoms with Gasteiger partial charge in [0.05, 0.1) is 11.4 Å². The first-order chi connectivity index (χ1) is 11.4. The van der Waals surface area contributed by atoms with Crippen LogP contribution in [0.25, 0.3) is 6.08 Å². The third-order valence-electron chi connectivity index (χ3n) is 2.80. The number of allylic oxidation sites excluding steroid dienone is 3. The molecule has 0 aliphatic carbocycles. The Labute approximate surface area is 152 Å². The summed E-state index contributed by atoms with van der Waals surface area (Å²) in [7, 11) is 0. The predicted molar refractivity (Wildman–Crippen MR) is 110 cm³/mol. The zero-order valence-electron chi connectivity index (χ0n) is 13.5. The van der Waals surface area contributed by atoms with E-state index < -0.39 is 0 Å².